The number of thiophene rings is 1. The number of anilines is 1. The summed E-state index contributed by atoms with van der Waals surface area (Å²) in [5.41, 5.74) is 5.81. The lowest BCUT2D eigenvalue weighted by atomic mass is 9.95. The Morgan fingerprint density at radius 2 is 1.60 bits per heavy atom. The van der Waals surface area contributed by atoms with Gasteiger partial charge in [0.2, 0.25) is 11.8 Å². The summed E-state index contributed by atoms with van der Waals surface area (Å²) in [6, 6.07) is 27.4. The van der Waals surface area contributed by atoms with Crippen LogP contribution >= 0.6 is 22.9 Å². The van der Waals surface area contributed by atoms with Gasteiger partial charge in [0.05, 0.1) is 6.04 Å². The van der Waals surface area contributed by atoms with Gasteiger partial charge in [-0.05, 0) is 64.7 Å². The van der Waals surface area contributed by atoms with Crippen LogP contribution in [0.3, 0.4) is 0 Å². The van der Waals surface area contributed by atoms with Gasteiger partial charge in [0.25, 0.3) is 0 Å². The summed E-state index contributed by atoms with van der Waals surface area (Å²) in [4.78, 5) is 42.1. The van der Waals surface area contributed by atoms with Crippen LogP contribution in [0.2, 0.25) is 5.02 Å². The summed E-state index contributed by atoms with van der Waals surface area (Å²) in [5, 5.41) is 20.0. The minimum Gasteiger partial charge on any atom is -0.475 e. The lowest BCUT2D eigenvalue weighted by molar-refractivity contribution is -0.192. The van der Waals surface area contributed by atoms with Gasteiger partial charge in [0.15, 0.2) is 0 Å². The normalized spacial score (nSPS) is 16.3. The van der Waals surface area contributed by atoms with Crippen molar-refractivity contribution >= 4 is 46.4 Å². The van der Waals surface area contributed by atoms with Gasteiger partial charge in [-0.15, -0.1) is 11.3 Å². The highest BCUT2D eigenvalue weighted by Gasteiger charge is 2.38. The molecule has 4 aromatic rings. The molecule has 52 heavy (non-hydrogen) atoms. The molecule has 0 aliphatic carbocycles. The van der Waals surface area contributed by atoms with Gasteiger partial charge in [0.1, 0.15) is 6.04 Å². The van der Waals surface area contributed by atoms with E-state index in [9.17, 15) is 22.8 Å². The molecule has 0 bridgehead atoms. The molecular weight excluding hydrogens is 715 g/mol. The summed E-state index contributed by atoms with van der Waals surface area (Å²) < 4.78 is 31.7. The molecule has 2 atom stereocenters. The molecule has 4 N–H and O–H groups in total. The fourth-order valence-electron chi connectivity index (χ4n) is 6.21. The van der Waals surface area contributed by atoms with E-state index in [1.165, 1.54) is 27.3 Å². The second-order valence-corrected chi connectivity index (χ2v) is 14.0. The van der Waals surface area contributed by atoms with Gasteiger partial charge < -0.3 is 30.9 Å². The molecule has 3 aromatic carbocycles. The maximum absolute atomic E-state index is 14.0. The van der Waals surface area contributed by atoms with Crippen LogP contribution in [-0.2, 0) is 46.7 Å². The number of alkyl halides is 3. The van der Waals surface area contributed by atoms with E-state index in [0.29, 0.717) is 37.5 Å². The van der Waals surface area contributed by atoms with Gasteiger partial charge in [-0.25, -0.2) is 4.79 Å². The molecule has 2 aliphatic heterocycles. The zero-order valence-corrected chi connectivity index (χ0v) is 29.9. The topological polar surface area (TPSA) is 114 Å². The number of piperazine rings is 1. The number of amides is 2. The van der Waals surface area contributed by atoms with E-state index in [1.807, 2.05) is 41.3 Å². The number of rotatable bonds is 11. The van der Waals surface area contributed by atoms with Crippen molar-refractivity contribution in [1.29, 1.82) is 0 Å². The van der Waals surface area contributed by atoms with E-state index in [2.05, 4.69) is 74.8 Å². The number of halogens is 4. The van der Waals surface area contributed by atoms with Crippen LogP contribution in [0.15, 0.2) is 90.3 Å². The second kappa shape index (κ2) is 18.4. The monoisotopic (exact) mass is 755 g/mol. The molecule has 2 amide bonds. The Morgan fingerprint density at radius 3 is 2.27 bits per heavy atom. The van der Waals surface area contributed by atoms with Crippen molar-refractivity contribution in [1.82, 2.24) is 20.9 Å². The van der Waals surface area contributed by atoms with Crippen molar-refractivity contribution in [2.45, 2.75) is 50.6 Å². The molecule has 6 rings (SSSR count). The summed E-state index contributed by atoms with van der Waals surface area (Å²) in [6.45, 7) is 5.04. The van der Waals surface area contributed by atoms with Crippen LogP contribution in [-0.4, -0.2) is 78.8 Å². The highest BCUT2D eigenvalue weighted by Crippen LogP contribution is 2.23. The van der Waals surface area contributed by atoms with E-state index < -0.39 is 18.2 Å². The lowest BCUT2D eigenvalue weighted by Crippen LogP contribution is -2.58. The van der Waals surface area contributed by atoms with Crippen molar-refractivity contribution in [3.63, 3.8) is 0 Å². The minimum absolute atomic E-state index is 0.0438. The van der Waals surface area contributed by atoms with Crippen LogP contribution in [0.5, 0.6) is 0 Å². The average molecular weight is 756 g/mol. The molecule has 1 fully saturated rings. The van der Waals surface area contributed by atoms with Crippen molar-refractivity contribution in [3.05, 3.63) is 122 Å². The van der Waals surface area contributed by atoms with E-state index >= 15 is 0 Å². The first-order valence-electron chi connectivity index (χ1n) is 17.0. The van der Waals surface area contributed by atoms with Gasteiger partial charge >= 0.3 is 12.1 Å². The number of aliphatic carboxylic acids is 1. The highest BCUT2D eigenvalue weighted by molar-refractivity contribution is 7.09. The van der Waals surface area contributed by atoms with Gasteiger partial charge in [-0.3, -0.25) is 9.59 Å². The molecule has 9 nitrogen and oxygen atoms in total. The number of benzene rings is 3. The molecule has 0 saturated carbocycles. The summed E-state index contributed by atoms with van der Waals surface area (Å²) in [6.07, 6.45) is -3.05. The van der Waals surface area contributed by atoms with Crippen molar-refractivity contribution in [2.75, 3.05) is 37.6 Å². The Morgan fingerprint density at radius 1 is 0.923 bits per heavy atom. The highest BCUT2D eigenvalue weighted by atomic mass is 35.5. The van der Waals surface area contributed by atoms with Crippen molar-refractivity contribution in [3.8, 4) is 0 Å². The predicted octanol–water partition coefficient (Wildman–Crippen LogP) is 5.46. The largest absolute Gasteiger partial charge is 0.490 e. The molecule has 14 heteroatoms. The van der Waals surface area contributed by atoms with Crippen LogP contribution in [0.4, 0.5) is 18.9 Å². The SMILES string of the molecule is O=C(N[C@H](Cc1ccc(Cl)cc1)C(=O)N1CCN(c2ccccc2CNCCc2cccs2)CC1)[C@H]1Cc2ccccc2CN1.O=C(O)C(F)(F)F. The van der Waals surface area contributed by atoms with Gasteiger partial charge in [-0.2, -0.15) is 13.2 Å². The van der Waals surface area contributed by atoms with E-state index in [-0.39, 0.29) is 17.9 Å². The molecule has 2 aliphatic rings. The van der Waals surface area contributed by atoms with Crippen molar-refractivity contribution < 1.29 is 32.7 Å². The number of carboxylic acids is 1. The van der Waals surface area contributed by atoms with Crippen LogP contribution < -0.4 is 20.9 Å². The number of hydrogen-bond acceptors (Lipinski definition) is 7. The van der Waals surface area contributed by atoms with Crippen molar-refractivity contribution in [2.24, 2.45) is 0 Å². The Balaban J connectivity index is 0.000000679. The van der Waals surface area contributed by atoms with E-state index in [0.717, 1.165) is 38.2 Å². The number of para-hydroxylation sites is 1. The Labute approximate surface area is 309 Å². The fourth-order valence-corrected chi connectivity index (χ4v) is 7.05. The standard InChI is InChI=1S/C36H40ClN5O2S.C2HF3O2/c37-30-13-11-26(12-14-30)22-33(40-35(43)32-23-27-6-1-2-7-28(27)25-39-32)36(44)42-19-17-41(18-20-42)34-10-4-3-8-29(34)24-38-16-15-31-9-5-21-45-31;3-2(4,5)1(6)7/h1-14,21,32-33,38-39H,15-20,22-25H2,(H,40,43);(H,6,7)/t32-,33-;/m1./s1. The smallest absolute Gasteiger partial charge is 0.475 e. The first kappa shape index (κ1) is 38.8. The number of carbonyl (C=O) groups is 3. The zero-order valence-electron chi connectivity index (χ0n) is 28.4. The third-order valence-corrected chi connectivity index (χ3v) is 10.2. The zero-order chi connectivity index (χ0) is 37.1. The van der Waals surface area contributed by atoms with E-state index in [4.69, 9.17) is 21.5 Å². The fraction of sp³-hybridized carbons (Fsp3) is 0.342. The molecule has 0 unspecified atom stereocenters. The molecule has 0 spiro atoms. The third kappa shape index (κ3) is 11.0. The maximum atomic E-state index is 14.0. The predicted molar refractivity (Wildman–Crippen MR) is 197 cm³/mol. The molecule has 3 heterocycles. The minimum atomic E-state index is -5.08. The number of nitrogens with zero attached hydrogens (tertiary/aromatic N) is 2. The first-order valence-corrected chi connectivity index (χ1v) is 18.2. The number of carbonyl (C=O) groups excluding carboxylic acids is 2. The lowest BCUT2D eigenvalue weighted by Gasteiger charge is -2.38. The quantitative estimate of drug-likeness (QED) is 0.151. The molecular formula is C38H41ClF3N5O4S. The molecule has 1 saturated heterocycles. The second-order valence-electron chi connectivity index (χ2n) is 12.5. The Kier molecular flexibility index (Phi) is 13.7. The average Bonchev–Trinajstić information content (AvgIpc) is 3.67. The van der Waals surface area contributed by atoms with Gasteiger partial charge in [-0.1, -0.05) is 72.3 Å². The molecule has 1 aromatic heterocycles. The number of carboxylic acid groups (broad SMARTS) is 1. The summed E-state index contributed by atoms with van der Waals surface area (Å²) >= 11 is 7.93. The number of fused-ring (bicyclic) bond motifs is 1. The summed E-state index contributed by atoms with van der Waals surface area (Å²) in [7, 11) is 0. The molecule has 276 valence electrons. The van der Waals surface area contributed by atoms with Crippen LogP contribution in [0.25, 0.3) is 0 Å². The molecule has 0 radical (unpaired) electrons. The maximum Gasteiger partial charge on any atom is 0.490 e. The van der Waals surface area contributed by atoms with Gasteiger partial charge in [0, 0.05) is 67.8 Å². The Hall–Kier alpha value is -4.43. The first-order chi connectivity index (χ1) is 25.0. The van der Waals surface area contributed by atoms with E-state index in [1.54, 1.807) is 11.3 Å². The van der Waals surface area contributed by atoms with Crippen LogP contribution in [0, 0.1) is 0 Å². The number of hydrogen-bond donors (Lipinski definition) is 4. The summed E-state index contributed by atoms with van der Waals surface area (Å²) in [5.74, 6) is -2.94. The Bertz CT molecular complexity index is 1780. The number of nitrogens with one attached hydrogen (secondary N) is 3. The third-order valence-electron chi connectivity index (χ3n) is 8.98. The van der Waals surface area contributed by atoms with Crippen LogP contribution in [0.1, 0.15) is 27.1 Å².